The van der Waals surface area contributed by atoms with Crippen molar-refractivity contribution in [2.24, 2.45) is 5.84 Å². The Morgan fingerprint density at radius 3 is 2.48 bits per heavy atom. The zero-order valence-corrected chi connectivity index (χ0v) is 11.4. The Labute approximate surface area is 118 Å². The first kappa shape index (κ1) is 16.9. The van der Waals surface area contributed by atoms with E-state index in [9.17, 15) is 23.3 Å². The SMILES string of the molecule is CCCN(CC(F)(F)F)c1nc(NN)nc(C)c1[N+](=O)[O-]. The number of halogens is 3. The van der Waals surface area contributed by atoms with E-state index in [1.54, 1.807) is 6.92 Å². The maximum absolute atomic E-state index is 12.6. The Bertz CT molecular complexity index is 522. The maximum atomic E-state index is 12.6. The minimum atomic E-state index is -4.52. The van der Waals surface area contributed by atoms with Crippen LogP contribution >= 0.6 is 0 Å². The fourth-order valence-corrected chi connectivity index (χ4v) is 1.80. The van der Waals surface area contributed by atoms with E-state index in [0.717, 1.165) is 4.90 Å². The molecule has 21 heavy (non-hydrogen) atoms. The first-order chi connectivity index (χ1) is 9.69. The van der Waals surface area contributed by atoms with Crippen LogP contribution in [0, 0.1) is 17.0 Å². The number of nitrogens with zero attached hydrogens (tertiary/aromatic N) is 4. The first-order valence-corrected chi connectivity index (χ1v) is 6.01. The van der Waals surface area contributed by atoms with E-state index in [1.165, 1.54) is 6.92 Å². The third-order valence-corrected chi connectivity index (χ3v) is 2.51. The minimum absolute atomic E-state index is 0.0409. The minimum Gasteiger partial charge on any atom is -0.342 e. The molecule has 0 saturated heterocycles. The number of anilines is 2. The molecule has 11 heteroatoms. The van der Waals surface area contributed by atoms with Gasteiger partial charge in [0.15, 0.2) is 0 Å². The van der Waals surface area contributed by atoms with Gasteiger partial charge < -0.3 is 4.90 Å². The molecular formula is C10H15F3N6O2. The third kappa shape index (κ3) is 4.41. The number of hydrazine groups is 1. The highest BCUT2D eigenvalue weighted by Gasteiger charge is 2.35. The van der Waals surface area contributed by atoms with Crippen molar-refractivity contribution < 1.29 is 18.1 Å². The smallest absolute Gasteiger partial charge is 0.342 e. The molecular weight excluding hydrogens is 293 g/mol. The summed E-state index contributed by atoms with van der Waals surface area (Å²) < 4.78 is 37.9. The Morgan fingerprint density at radius 2 is 2.05 bits per heavy atom. The van der Waals surface area contributed by atoms with Gasteiger partial charge in [0.2, 0.25) is 11.8 Å². The number of hydrogen-bond donors (Lipinski definition) is 2. The number of hydrogen-bond acceptors (Lipinski definition) is 7. The first-order valence-electron chi connectivity index (χ1n) is 6.01. The highest BCUT2D eigenvalue weighted by Crippen LogP contribution is 2.31. The van der Waals surface area contributed by atoms with Crippen molar-refractivity contribution in [3.05, 3.63) is 15.8 Å². The van der Waals surface area contributed by atoms with Crippen LogP contribution in [-0.4, -0.2) is 34.2 Å². The van der Waals surface area contributed by atoms with Crippen molar-refractivity contribution in [2.75, 3.05) is 23.4 Å². The summed E-state index contributed by atoms with van der Waals surface area (Å²) in [6.07, 6.45) is -4.15. The number of alkyl halides is 3. The normalized spacial score (nSPS) is 11.3. The average molecular weight is 308 g/mol. The predicted molar refractivity (Wildman–Crippen MR) is 69.8 cm³/mol. The molecule has 3 N–H and O–H groups in total. The molecule has 0 aliphatic heterocycles. The van der Waals surface area contributed by atoms with Gasteiger partial charge in [0.1, 0.15) is 12.2 Å². The molecule has 0 saturated carbocycles. The molecule has 0 bridgehead atoms. The van der Waals surface area contributed by atoms with E-state index >= 15 is 0 Å². The van der Waals surface area contributed by atoms with Crippen molar-refractivity contribution in [1.29, 1.82) is 0 Å². The van der Waals surface area contributed by atoms with Crippen LogP contribution in [0.15, 0.2) is 0 Å². The van der Waals surface area contributed by atoms with Gasteiger partial charge in [0, 0.05) is 6.54 Å². The van der Waals surface area contributed by atoms with Gasteiger partial charge in [-0.2, -0.15) is 18.2 Å². The van der Waals surface area contributed by atoms with Crippen molar-refractivity contribution in [3.63, 3.8) is 0 Å². The van der Waals surface area contributed by atoms with Crippen molar-refractivity contribution in [1.82, 2.24) is 9.97 Å². The monoisotopic (exact) mass is 308 g/mol. The molecule has 1 heterocycles. The number of aromatic nitrogens is 2. The molecule has 0 radical (unpaired) electrons. The van der Waals surface area contributed by atoms with Gasteiger partial charge >= 0.3 is 11.9 Å². The molecule has 8 nitrogen and oxygen atoms in total. The Balaban J connectivity index is 3.39. The largest absolute Gasteiger partial charge is 0.405 e. The maximum Gasteiger partial charge on any atom is 0.405 e. The van der Waals surface area contributed by atoms with Gasteiger partial charge in [-0.3, -0.25) is 15.5 Å². The molecule has 0 unspecified atom stereocenters. The lowest BCUT2D eigenvalue weighted by molar-refractivity contribution is -0.385. The highest BCUT2D eigenvalue weighted by molar-refractivity contribution is 5.62. The van der Waals surface area contributed by atoms with Gasteiger partial charge in [-0.25, -0.2) is 10.8 Å². The topological polar surface area (TPSA) is 110 Å². The Kier molecular flexibility index (Phi) is 5.24. The van der Waals surface area contributed by atoms with Gasteiger partial charge in [-0.05, 0) is 13.3 Å². The van der Waals surface area contributed by atoms with Gasteiger partial charge in [-0.15, -0.1) is 0 Å². The van der Waals surface area contributed by atoms with Crippen LogP contribution in [0.25, 0.3) is 0 Å². The molecule has 0 aliphatic rings. The molecule has 0 aromatic carbocycles. The molecule has 1 rings (SSSR count). The van der Waals surface area contributed by atoms with E-state index in [0.29, 0.717) is 6.42 Å². The van der Waals surface area contributed by atoms with E-state index < -0.39 is 29.1 Å². The molecule has 0 aliphatic carbocycles. The summed E-state index contributed by atoms with van der Waals surface area (Å²) in [6.45, 7) is 1.58. The van der Waals surface area contributed by atoms with Crippen molar-refractivity contribution in [2.45, 2.75) is 26.4 Å². The van der Waals surface area contributed by atoms with Crippen LogP contribution in [0.5, 0.6) is 0 Å². The van der Waals surface area contributed by atoms with Crippen LogP contribution in [0.3, 0.4) is 0 Å². The summed E-state index contributed by atoms with van der Waals surface area (Å²) in [5.41, 5.74) is 1.45. The zero-order chi connectivity index (χ0) is 16.2. The summed E-state index contributed by atoms with van der Waals surface area (Å²) in [7, 11) is 0. The second kappa shape index (κ2) is 6.52. The number of aryl methyl sites for hydroxylation is 1. The lowest BCUT2D eigenvalue weighted by Gasteiger charge is -2.24. The summed E-state index contributed by atoms with van der Waals surface area (Å²) in [4.78, 5) is 18.5. The standard InChI is InChI=1S/C10H15F3N6O2/c1-3-4-18(5-10(11,12)13)8-7(19(20)21)6(2)15-9(16-8)17-14/h3-5,14H2,1-2H3,(H,15,16,17). The van der Waals surface area contributed by atoms with E-state index in [-0.39, 0.29) is 18.2 Å². The Hall–Kier alpha value is -2.17. The summed E-state index contributed by atoms with van der Waals surface area (Å²) >= 11 is 0. The molecule has 0 amide bonds. The molecule has 1 aromatic heterocycles. The molecule has 0 atom stereocenters. The zero-order valence-electron chi connectivity index (χ0n) is 11.4. The van der Waals surface area contributed by atoms with Crippen LogP contribution in [-0.2, 0) is 0 Å². The number of nitrogen functional groups attached to an aromatic ring is 1. The summed E-state index contributed by atoms with van der Waals surface area (Å²) in [6, 6.07) is 0. The van der Waals surface area contributed by atoms with Crippen LogP contribution < -0.4 is 16.2 Å². The van der Waals surface area contributed by atoms with Crippen LogP contribution in [0.1, 0.15) is 19.0 Å². The molecule has 0 spiro atoms. The number of nitro groups is 1. The quantitative estimate of drug-likeness (QED) is 0.468. The predicted octanol–water partition coefficient (Wildman–Crippen LogP) is 1.76. The highest BCUT2D eigenvalue weighted by atomic mass is 19.4. The second-order valence-corrected chi connectivity index (χ2v) is 4.24. The fourth-order valence-electron chi connectivity index (χ4n) is 1.80. The van der Waals surface area contributed by atoms with Crippen LogP contribution in [0.4, 0.5) is 30.6 Å². The average Bonchev–Trinajstić information content (AvgIpc) is 2.35. The Morgan fingerprint density at radius 1 is 1.43 bits per heavy atom. The van der Waals surface area contributed by atoms with Crippen LogP contribution in [0.2, 0.25) is 0 Å². The van der Waals surface area contributed by atoms with Gasteiger partial charge in [0.05, 0.1) is 4.92 Å². The van der Waals surface area contributed by atoms with E-state index in [4.69, 9.17) is 5.84 Å². The molecule has 1 aromatic rings. The lowest BCUT2D eigenvalue weighted by atomic mass is 10.3. The van der Waals surface area contributed by atoms with E-state index in [1.807, 2.05) is 0 Å². The van der Waals surface area contributed by atoms with E-state index in [2.05, 4.69) is 15.4 Å². The molecule has 118 valence electrons. The van der Waals surface area contributed by atoms with Crippen molar-refractivity contribution >= 4 is 17.5 Å². The summed E-state index contributed by atoms with van der Waals surface area (Å²) in [5, 5.41) is 11.1. The fraction of sp³-hybridized carbons (Fsp3) is 0.600. The van der Waals surface area contributed by atoms with Gasteiger partial charge in [-0.1, -0.05) is 6.92 Å². The summed E-state index contributed by atoms with van der Waals surface area (Å²) in [5.74, 6) is 4.54. The van der Waals surface area contributed by atoms with Gasteiger partial charge in [0.25, 0.3) is 0 Å². The number of nitrogens with one attached hydrogen (secondary N) is 1. The third-order valence-electron chi connectivity index (χ3n) is 2.51. The number of nitrogens with two attached hydrogens (primary N) is 1. The van der Waals surface area contributed by atoms with Crippen molar-refractivity contribution in [3.8, 4) is 0 Å². The number of rotatable bonds is 6. The second-order valence-electron chi connectivity index (χ2n) is 4.24. The molecule has 0 fully saturated rings. The lowest BCUT2D eigenvalue weighted by Crippen LogP contribution is -2.36.